The number of benzene rings is 3. The van der Waals surface area contributed by atoms with Crippen LogP contribution >= 0.6 is 0 Å². The lowest BCUT2D eigenvalue weighted by atomic mass is 10.2. The second kappa shape index (κ2) is 8.99. The lowest BCUT2D eigenvalue weighted by Gasteiger charge is -2.07. The average Bonchev–Trinajstić information content (AvgIpc) is 3.00. The maximum absolute atomic E-state index is 13.3. The molecule has 0 aliphatic rings. The van der Waals surface area contributed by atoms with Gasteiger partial charge in [-0.05, 0) is 47.5 Å². The molecule has 34 heavy (non-hydrogen) atoms. The van der Waals surface area contributed by atoms with Crippen molar-refractivity contribution in [1.29, 1.82) is 0 Å². The lowest BCUT2D eigenvalue weighted by Crippen LogP contribution is -2.25. The first-order chi connectivity index (χ1) is 16.0. The first kappa shape index (κ1) is 23.6. The van der Waals surface area contributed by atoms with Crippen LogP contribution < -0.4 is 15.1 Å². The molecule has 4 aromatic rings. The monoisotopic (exact) mass is 500 g/mol. The van der Waals surface area contributed by atoms with Gasteiger partial charge in [-0.25, -0.2) is 21.6 Å². The molecule has 0 saturated heterocycles. The van der Waals surface area contributed by atoms with Crippen LogP contribution in [0.3, 0.4) is 0 Å². The van der Waals surface area contributed by atoms with E-state index in [0.717, 1.165) is 34.7 Å². The number of rotatable bonds is 8. The van der Waals surface area contributed by atoms with Gasteiger partial charge in [0.25, 0.3) is 0 Å². The highest BCUT2D eigenvalue weighted by Gasteiger charge is 2.14. The number of anilines is 2. The van der Waals surface area contributed by atoms with Crippen LogP contribution in [0.15, 0.2) is 77.6 Å². The summed E-state index contributed by atoms with van der Waals surface area (Å²) in [4.78, 5) is 13.3. The summed E-state index contributed by atoms with van der Waals surface area (Å²) in [5.41, 5.74) is 3.98. The molecular weight excluding hydrogens is 476 g/mol. The minimum absolute atomic E-state index is 0.183. The molecule has 0 aliphatic carbocycles. The molecule has 0 atom stereocenters. The molecule has 0 saturated carbocycles. The van der Waals surface area contributed by atoms with E-state index in [-0.39, 0.29) is 5.69 Å². The third kappa shape index (κ3) is 5.67. The molecule has 0 amide bonds. The topological polar surface area (TPSA) is 119 Å². The predicted molar refractivity (Wildman–Crippen MR) is 134 cm³/mol. The van der Waals surface area contributed by atoms with Crippen LogP contribution in [0.4, 0.5) is 11.4 Å². The van der Waals surface area contributed by atoms with Crippen molar-refractivity contribution in [2.45, 2.75) is 13.1 Å². The first-order valence-corrected chi connectivity index (χ1v) is 14.1. The van der Waals surface area contributed by atoms with Gasteiger partial charge in [0.05, 0.1) is 36.6 Å². The van der Waals surface area contributed by atoms with E-state index in [4.69, 9.17) is 0 Å². The number of nitrogens with one attached hydrogen (secondary N) is 2. The van der Waals surface area contributed by atoms with Gasteiger partial charge in [-0.1, -0.05) is 36.4 Å². The highest BCUT2D eigenvalue weighted by molar-refractivity contribution is 7.92. The van der Waals surface area contributed by atoms with E-state index >= 15 is 0 Å². The molecule has 4 rings (SSSR count). The van der Waals surface area contributed by atoms with E-state index in [9.17, 15) is 21.6 Å². The van der Waals surface area contributed by atoms with Crippen molar-refractivity contribution in [3.8, 4) is 0 Å². The second-order valence-electron chi connectivity index (χ2n) is 8.09. The summed E-state index contributed by atoms with van der Waals surface area (Å²) in [6.07, 6.45) is 2.18. The Morgan fingerprint density at radius 2 is 0.971 bits per heavy atom. The van der Waals surface area contributed by atoms with Crippen molar-refractivity contribution in [2.75, 3.05) is 22.0 Å². The first-order valence-electron chi connectivity index (χ1n) is 10.3. The molecule has 0 radical (unpaired) electrons. The molecule has 2 N–H and O–H groups in total. The molecule has 0 aliphatic heterocycles. The maximum atomic E-state index is 13.3. The smallest absolute Gasteiger partial charge is 0.287 e. The Hall–Kier alpha value is -3.57. The van der Waals surface area contributed by atoms with E-state index in [1.165, 1.54) is 0 Å². The van der Waals surface area contributed by atoms with Crippen molar-refractivity contribution < 1.29 is 16.8 Å². The van der Waals surface area contributed by atoms with E-state index in [0.29, 0.717) is 24.5 Å². The number of hydrogen-bond donors (Lipinski definition) is 2. The van der Waals surface area contributed by atoms with Gasteiger partial charge >= 0.3 is 5.69 Å². The van der Waals surface area contributed by atoms with E-state index < -0.39 is 20.0 Å². The van der Waals surface area contributed by atoms with Crippen LogP contribution in [-0.2, 0) is 33.1 Å². The third-order valence-corrected chi connectivity index (χ3v) is 6.33. The van der Waals surface area contributed by atoms with Crippen LogP contribution in [0.25, 0.3) is 11.0 Å². The van der Waals surface area contributed by atoms with E-state index in [1.54, 1.807) is 57.7 Å². The Morgan fingerprint density at radius 1 is 0.618 bits per heavy atom. The molecule has 0 unspecified atom stereocenters. The number of para-hydroxylation sites is 2. The van der Waals surface area contributed by atoms with Gasteiger partial charge in [0.2, 0.25) is 20.0 Å². The number of fused-ring (bicyclic) bond motifs is 1. The summed E-state index contributed by atoms with van der Waals surface area (Å²) in [5, 5.41) is 0. The highest BCUT2D eigenvalue weighted by Crippen LogP contribution is 2.18. The summed E-state index contributed by atoms with van der Waals surface area (Å²) < 4.78 is 53.8. The molecule has 3 aromatic carbocycles. The quantitative estimate of drug-likeness (QED) is 0.386. The minimum Gasteiger partial charge on any atom is -0.287 e. The van der Waals surface area contributed by atoms with E-state index in [2.05, 4.69) is 9.44 Å². The normalized spacial score (nSPS) is 12.1. The Labute approximate surface area is 197 Å². The predicted octanol–water partition coefficient (Wildman–Crippen LogP) is 2.64. The van der Waals surface area contributed by atoms with Crippen LogP contribution in [0, 0.1) is 0 Å². The number of hydrogen-bond acceptors (Lipinski definition) is 5. The van der Waals surface area contributed by atoms with Crippen LogP contribution in [0.5, 0.6) is 0 Å². The number of imidazole rings is 1. The van der Waals surface area contributed by atoms with Crippen molar-refractivity contribution in [1.82, 2.24) is 9.13 Å². The summed E-state index contributed by atoms with van der Waals surface area (Å²) in [5.74, 6) is 0. The van der Waals surface area contributed by atoms with E-state index in [1.807, 2.05) is 24.3 Å². The lowest BCUT2D eigenvalue weighted by molar-refractivity contribution is 0.605. The Kier molecular flexibility index (Phi) is 6.24. The standard InChI is InChI=1S/C23H24N4O5S2/c1-33(29,30)24-19-11-7-17(8-12-19)15-26-21-5-3-4-6-22(21)27(23(26)28)16-18-9-13-20(14-10-18)25-34(2,31)32/h3-14,24-25H,15-16H2,1-2H3. The van der Waals surface area contributed by atoms with Crippen LogP contribution in [0.2, 0.25) is 0 Å². The van der Waals surface area contributed by atoms with Crippen LogP contribution in [-0.4, -0.2) is 38.5 Å². The van der Waals surface area contributed by atoms with Crippen molar-refractivity contribution in [3.05, 3.63) is 94.4 Å². The van der Waals surface area contributed by atoms with Gasteiger partial charge in [0.15, 0.2) is 0 Å². The van der Waals surface area contributed by atoms with Gasteiger partial charge < -0.3 is 0 Å². The minimum atomic E-state index is -3.37. The Morgan fingerprint density at radius 3 is 1.29 bits per heavy atom. The molecule has 178 valence electrons. The fourth-order valence-electron chi connectivity index (χ4n) is 3.73. The van der Waals surface area contributed by atoms with Gasteiger partial charge in [-0.2, -0.15) is 0 Å². The highest BCUT2D eigenvalue weighted by atomic mass is 32.2. The van der Waals surface area contributed by atoms with Crippen LogP contribution in [0.1, 0.15) is 11.1 Å². The summed E-state index contributed by atoms with van der Waals surface area (Å²) in [7, 11) is -6.73. The number of aromatic nitrogens is 2. The van der Waals surface area contributed by atoms with Gasteiger partial charge in [-0.15, -0.1) is 0 Å². The third-order valence-electron chi connectivity index (χ3n) is 5.12. The SMILES string of the molecule is CS(=O)(=O)Nc1ccc(Cn2c(=O)n(Cc3ccc(NS(C)(=O)=O)cc3)c3ccccc32)cc1. The molecule has 0 bridgehead atoms. The molecule has 0 fully saturated rings. The number of nitrogens with zero attached hydrogens (tertiary/aromatic N) is 2. The Bertz CT molecular complexity index is 1480. The van der Waals surface area contributed by atoms with Crippen molar-refractivity contribution in [3.63, 3.8) is 0 Å². The fourth-order valence-corrected chi connectivity index (χ4v) is 4.86. The number of sulfonamides is 2. The zero-order valence-electron chi connectivity index (χ0n) is 18.6. The Balaban J connectivity index is 1.63. The van der Waals surface area contributed by atoms with Gasteiger partial charge in [0, 0.05) is 11.4 Å². The zero-order valence-corrected chi connectivity index (χ0v) is 20.2. The van der Waals surface area contributed by atoms with Gasteiger partial charge in [0.1, 0.15) is 0 Å². The fraction of sp³-hybridized carbons (Fsp3) is 0.174. The van der Waals surface area contributed by atoms with Crippen molar-refractivity contribution >= 4 is 42.5 Å². The molecule has 9 nitrogen and oxygen atoms in total. The zero-order chi connectivity index (χ0) is 24.5. The molecule has 11 heteroatoms. The largest absolute Gasteiger partial charge is 0.329 e. The van der Waals surface area contributed by atoms with Gasteiger partial charge in [-0.3, -0.25) is 18.6 Å². The second-order valence-corrected chi connectivity index (χ2v) is 11.6. The maximum Gasteiger partial charge on any atom is 0.329 e. The average molecular weight is 501 g/mol. The summed E-state index contributed by atoms with van der Waals surface area (Å²) >= 11 is 0. The molecule has 1 heterocycles. The molecule has 0 spiro atoms. The summed E-state index contributed by atoms with van der Waals surface area (Å²) in [6.45, 7) is 0.644. The summed E-state index contributed by atoms with van der Waals surface area (Å²) in [6, 6.07) is 21.2. The molecule has 1 aromatic heterocycles. The molecular formula is C23H24N4O5S2. The van der Waals surface area contributed by atoms with Crippen molar-refractivity contribution in [2.24, 2.45) is 0 Å².